The van der Waals surface area contributed by atoms with Gasteiger partial charge in [0.15, 0.2) is 0 Å². The number of benzene rings is 1. The van der Waals surface area contributed by atoms with Gasteiger partial charge < -0.3 is 0 Å². The van der Waals surface area contributed by atoms with E-state index in [0.717, 1.165) is 56.9 Å². The van der Waals surface area contributed by atoms with Gasteiger partial charge in [-0.15, -0.1) is 0 Å². The molecular weight excluding hydrogens is 630 g/mol. The van der Waals surface area contributed by atoms with E-state index in [4.69, 9.17) is 37.2 Å². The summed E-state index contributed by atoms with van der Waals surface area (Å²) in [5.74, 6) is 0. The first kappa shape index (κ1) is 30.1. The molecule has 7 nitrogen and oxygen atoms in total. The molecule has 1 aliphatic heterocycles. The summed E-state index contributed by atoms with van der Waals surface area (Å²) in [6.07, 6.45) is 0. The third-order valence-corrected chi connectivity index (χ3v) is 6.17. The van der Waals surface area contributed by atoms with E-state index < -0.39 is 0 Å². The van der Waals surface area contributed by atoms with E-state index >= 15 is 0 Å². The normalized spacial score (nSPS) is 16.3. The Bertz CT molecular complexity index is 1450. The maximum Gasteiger partial charge on any atom is 0.0948 e. The van der Waals surface area contributed by atoms with E-state index in [1.165, 1.54) is 0 Å². The van der Waals surface area contributed by atoms with Crippen LogP contribution in [0.4, 0.5) is 5.69 Å². The summed E-state index contributed by atoms with van der Waals surface area (Å²) in [6, 6.07) is 19.5. The fourth-order valence-corrected chi connectivity index (χ4v) is 4.03. The number of hydrogen-bond donors (Lipinski definition) is 0. The number of fused-ring (bicyclic) bond motifs is 4. The summed E-state index contributed by atoms with van der Waals surface area (Å²) in [6.45, 7) is 9.52. The molecule has 4 bridgehead atoms. The fourth-order valence-electron chi connectivity index (χ4n) is 3.92. The SMILES string of the molecule is CC1=NCCN=C(C)c2cccc(n2)C(C)=NC(c2ccc(N=C=S)cc2)CN=C(C)c2cccc1n2.[Eu]. The first-order valence-corrected chi connectivity index (χ1v) is 12.6. The van der Waals surface area contributed by atoms with Gasteiger partial charge in [-0.05, 0) is 81.9 Å². The van der Waals surface area contributed by atoms with Crippen LogP contribution in [0.3, 0.4) is 0 Å². The fraction of sp³-hybridized carbons (Fsp3) is 0.276. The molecule has 1 aliphatic rings. The van der Waals surface area contributed by atoms with E-state index in [1.807, 2.05) is 88.4 Å². The minimum absolute atomic E-state index is 0. The monoisotopic (exact) mass is 660 g/mol. The Morgan fingerprint density at radius 3 is 1.66 bits per heavy atom. The molecule has 1 unspecified atom stereocenters. The third-order valence-electron chi connectivity index (χ3n) is 6.08. The van der Waals surface area contributed by atoms with E-state index in [2.05, 4.69) is 15.1 Å². The van der Waals surface area contributed by atoms with Crippen LogP contribution in [0.25, 0.3) is 0 Å². The maximum absolute atomic E-state index is 5.06. The Labute approximate surface area is 270 Å². The summed E-state index contributed by atoms with van der Waals surface area (Å²) in [5, 5.41) is 2.41. The molecule has 2 aromatic heterocycles. The molecule has 9 heteroatoms. The zero-order chi connectivity index (χ0) is 26.2. The topological polar surface area (TPSA) is 87.6 Å². The quantitative estimate of drug-likeness (QED) is 0.254. The summed E-state index contributed by atoms with van der Waals surface area (Å²) >= 11 is 4.74. The molecule has 3 heterocycles. The van der Waals surface area contributed by atoms with E-state index in [9.17, 15) is 0 Å². The molecule has 0 saturated heterocycles. The van der Waals surface area contributed by atoms with Gasteiger partial charge in [-0.1, -0.05) is 24.3 Å². The van der Waals surface area contributed by atoms with Gasteiger partial charge in [-0.2, -0.15) is 4.99 Å². The van der Waals surface area contributed by atoms with Crippen LogP contribution in [-0.4, -0.2) is 57.6 Å². The minimum atomic E-state index is -0.217. The van der Waals surface area contributed by atoms with Gasteiger partial charge >= 0.3 is 0 Å². The van der Waals surface area contributed by atoms with Crippen molar-refractivity contribution in [2.45, 2.75) is 33.7 Å². The molecule has 3 aromatic rings. The first-order valence-electron chi connectivity index (χ1n) is 12.2. The zero-order valence-electron chi connectivity index (χ0n) is 21.9. The summed E-state index contributed by atoms with van der Waals surface area (Å²) < 4.78 is 0. The Hall–Kier alpha value is -2.42. The van der Waals surface area contributed by atoms with Gasteiger partial charge in [0, 0.05) is 49.4 Å². The second-order valence-corrected chi connectivity index (χ2v) is 8.88. The molecule has 0 N–H and O–H groups in total. The van der Waals surface area contributed by atoms with Gasteiger partial charge in [0.05, 0.1) is 82.1 Å². The van der Waals surface area contributed by atoms with Gasteiger partial charge in [0.2, 0.25) is 0 Å². The average molecular weight is 660 g/mol. The summed E-state index contributed by atoms with van der Waals surface area (Å²) in [5.41, 5.74) is 8.49. The second kappa shape index (κ2) is 14.7. The zero-order valence-corrected chi connectivity index (χ0v) is 25.1. The predicted octanol–water partition coefficient (Wildman–Crippen LogP) is 5.90. The van der Waals surface area contributed by atoms with Crippen molar-refractivity contribution >= 4 is 45.9 Å². The molecule has 1 aromatic carbocycles. The van der Waals surface area contributed by atoms with Crippen LogP contribution in [-0.2, 0) is 0 Å². The molecule has 0 spiro atoms. The molecule has 1 atom stereocenters. The van der Waals surface area contributed by atoms with Crippen LogP contribution in [0, 0.1) is 49.4 Å². The van der Waals surface area contributed by atoms with Crippen LogP contribution < -0.4 is 0 Å². The number of pyridine rings is 2. The first-order chi connectivity index (χ1) is 17.9. The molecule has 0 saturated carbocycles. The summed E-state index contributed by atoms with van der Waals surface area (Å²) in [7, 11) is 0. The minimum Gasteiger partial charge on any atom is -0.286 e. The van der Waals surface area contributed by atoms with Crippen molar-refractivity contribution in [3.63, 3.8) is 0 Å². The molecule has 193 valence electrons. The smallest absolute Gasteiger partial charge is 0.0948 e. The van der Waals surface area contributed by atoms with Crippen LogP contribution >= 0.6 is 12.2 Å². The third kappa shape index (κ3) is 8.04. The van der Waals surface area contributed by atoms with Crippen LogP contribution in [0.5, 0.6) is 0 Å². The number of aromatic nitrogens is 2. The van der Waals surface area contributed by atoms with Crippen molar-refractivity contribution in [1.29, 1.82) is 0 Å². The van der Waals surface area contributed by atoms with Crippen molar-refractivity contribution < 1.29 is 49.4 Å². The Balaban J connectivity index is 0.00000400. The van der Waals surface area contributed by atoms with E-state index in [0.29, 0.717) is 19.6 Å². The van der Waals surface area contributed by atoms with E-state index in [1.54, 1.807) is 0 Å². The Kier molecular flexibility index (Phi) is 11.6. The Morgan fingerprint density at radius 1 is 0.684 bits per heavy atom. The number of aliphatic imine (C=N–C) groups is 5. The number of isothiocyanates is 1. The molecule has 1 radical (unpaired) electrons. The number of rotatable bonds is 2. The van der Waals surface area contributed by atoms with Gasteiger partial charge in [-0.3, -0.25) is 20.0 Å². The summed E-state index contributed by atoms with van der Waals surface area (Å²) in [4.78, 5) is 33.0. The molecule has 4 rings (SSSR count). The number of hydrogen-bond acceptors (Lipinski definition) is 8. The van der Waals surface area contributed by atoms with Crippen molar-refractivity contribution in [1.82, 2.24) is 9.97 Å². The molecule has 0 fully saturated rings. The maximum atomic E-state index is 5.06. The van der Waals surface area contributed by atoms with Gasteiger partial charge in [-0.25, -0.2) is 9.97 Å². The van der Waals surface area contributed by atoms with Crippen molar-refractivity contribution in [3.8, 4) is 0 Å². The molecule has 38 heavy (non-hydrogen) atoms. The van der Waals surface area contributed by atoms with Crippen molar-refractivity contribution in [2.75, 3.05) is 19.6 Å². The van der Waals surface area contributed by atoms with Crippen LogP contribution in [0.1, 0.15) is 62.1 Å². The number of nitrogens with zero attached hydrogens (tertiary/aromatic N) is 7. The molecule has 0 aliphatic carbocycles. The van der Waals surface area contributed by atoms with Crippen LogP contribution in [0.2, 0.25) is 0 Å². The van der Waals surface area contributed by atoms with Crippen molar-refractivity contribution in [3.05, 3.63) is 89.0 Å². The van der Waals surface area contributed by atoms with Gasteiger partial charge in [0.1, 0.15) is 0 Å². The van der Waals surface area contributed by atoms with Crippen molar-refractivity contribution in [2.24, 2.45) is 25.0 Å². The van der Waals surface area contributed by atoms with Crippen LogP contribution in [0.15, 0.2) is 85.6 Å². The second-order valence-electron chi connectivity index (χ2n) is 8.70. The standard InChI is InChI=1S/C29H29N7S.Eu/c1-19-25-7-5-9-27(35-25)21(3)32-17-29(23-11-13-24(14-12-23)33-18-37)34-22(4)28-10-6-8-26(36-28)20(2)31-16-15-30-19;/h5-14,29H,15-17H2,1-4H3;. The average Bonchev–Trinajstić information content (AvgIpc) is 2.93. The number of thiocarbonyl (C=S) groups is 1. The Morgan fingerprint density at radius 2 is 1.16 bits per heavy atom. The predicted molar refractivity (Wildman–Crippen MR) is 156 cm³/mol. The van der Waals surface area contributed by atoms with E-state index in [-0.39, 0.29) is 55.4 Å². The largest absolute Gasteiger partial charge is 0.286 e. The molecule has 0 amide bonds. The molecular formula is C29H29EuN7S. The van der Waals surface area contributed by atoms with Gasteiger partial charge in [0.25, 0.3) is 0 Å².